The highest BCUT2D eigenvalue weighted by molar-refractivity contribution is 6.00. The van der Waals surface area contributed by atoms with Gasteiger partial charge in [0.1, 0.15) is 5.75 Å². The predicted octanol–water partition coefficient (Wildman–Crippen LogP) is 4.37. The van der Waals surface area contributed by atoms with Gasteiger partial charge in [-0.2, -0.15) is 0 Å². The Labute approximate surface area is 179 Å². The van der Waals surface area contributed by atoms with Gasteiger partial charge in [0.25, 0.3) is 11.6 Å². The zero-order valence-corrected chi connectivity index (χ0v) is 17.0. The normalized spacial score (nSPS) is 10.3. The number of nitro groups is 1. The van der Waals surface area contributed by atoms with E-state index < -0.39 is 16.7 Å². The first-order chi connectivity index (χ1) is 14.8. The first-order valence-corrected chi connectivity index (χ1v) is 9.50. The topological polar surface area (TPSA) is 111 Å². The van der Waals surface area contributed by atoms with Crippen molar-refractivity contribution in [3.05, 3.63) is 93.5 Å². The highest BCUT2D eigenvalue weighted by atomic mass is 16.6. The molecule has 0 aliphatic rings. The second kappa shape index (κ2) is 9.53. The Hall–Kier alpha value is -4.20. The molecule has 0 unspecified atom stereocenters. The summed E-state index contributed by atoms with van der Waals surface area (Å²) in [6, 6.07) is 18.6. The van der Waals surface area contributed by atoms with Gasteiger partial charge in [-0.15, -0.1) is 0 Å². The van der Waals surface area contributed by atoms with Crippen molar-refractivity contribution in [2.45, 2.75) is 13.8 Å². The van der Waals surface area contributed by atoms with E-state index >= 15 is 0 Å². The Bertz CT molecular complexity index is 1130. The number of nitrogens with zero attached hydrogens (tertiary/aromatic N) is 1. The monoisotopic (exact) mass is 419 g/mol. The van der Waals surface area contributed by atoms with Crippen molar-refractivity contribution in [2.24, 2.45) is 0 Å². The van der Waals surface area contributed by atoms with Crippen LogP contribution < -0.4 is 15.4 Å². The lowest BCUT2D eigenvalue weighted by atomic mass is 10.1. The van der Waals surface area contributed by atoms with Crippen LogP contribution in [0.25, 0.3) is 0 Å². The zero-order valence-electron chi connectivity index (χ0n) is 17.0. The van der Waals surface area contributed by atoms with Crippen molar-refractivity contribution < 1.29 is 19.2 Å². The number of nitro benzene ring substituents is 1. The second-order valence-electron chi connectivity index (χ2n) is 6.90. The molecule has 2 N–H and O–H groups in total. The smallest absolute Gasteiger partial charge is 0.273 e. The summed E-state index contributed by atoms with van der Waals surface area (Å²) >= 11 is 0. The number of nitrogens with one attached hydrogen (secondary N) is 2. The van der Waals surface area contributed by atoms with E-state index in [-0.39, 0.29) is 17.8 Å². The zero-order chi connectivity index (χ0) is 22.4. The number of anilines is 1. The predicted molar refractivity (Wildman–Crippen MR) is 116 cm³/mol. The molecule has 0 saturated heterocycles. The molecule has 0 aliphatic heterocycles. The number of carbonyl (C=O) groups excluding carboxylic acids is 2. The summed E-state index contributed by atoms with van der Waals surface area (Å²) in [5, 5.41) is 16.2. The molecule has 0 bridgehead atoms. The van der Waals surface area contributed by atoms with Gasteiger partial charge < -0.3 is 15.4 Å². The lowest BCUT2D eigenvalue weighted by Gasteiger charge is -2.13. The SMILES string of the molecule is Cc1ccc(Oc2ccccc2NC(=O)CNC(=O)c2ccc(C)c([N+](=O)[O-])c2)cc1. The Morgan fingerprint density at radius 2 is 1.71 bits per heavy atom. The van der Waals surface area contributed by atoms with Gasteiger partial charge in [-0.25, -0.2) is 0 Å². The molecule has 158 valence electrons. The molecule has 3 aromatic rings. The molecule has 0 fully saturated rings. The second-order valence-corrected chi connectivity index (χ2v) is 6.90. The standard InChI is InChI=1S/C23H21N3O5/c1-15-7-11-18(12-8-15)31-21-6-4-3-5-19(21)25-22(27)14-24-23(28)17-10-9-16(2)20(13-17)26(29)30/h3-13H,14H2,1-2H3,(H,24,28)(H,25,27). The van der Waals surface area contributed by atoms with E-state index in [1.807, 2.05) is 31.2 Å². The number of rotatable bonds is 7. The molecule has 0 spiro atoms. The fourth-order valence-electron chi connectivity index (χ4n) is 2.80. The van der Waals surface area contributed by atoms with E-state index in [1.54, 1.807) is 31.2 Å². The lowest BCUT2D eigenvalue weighted by Crippen LogP contribution is -2.33. The maximum absolute atomic E-state index is 12.3. The third-order valence-corrected chi connectivity index (χ3v) is 4.49. The van der Waals surface area contributed by atoms with Crippen LogP contribution in [0.2, 0.25) is 0 Å². The minimum absolute atomic E-state index is 0.105. The number of benzene rings is 3. The Morgan fingerprint density at radius 1 is 1.00 bits per heavy atom. The quantitative estimate of drug-likeness (QED) is 0.436. The average molecular weight is 419 g/mol. The Kier molecular flexibility index (Phi) is 6.61. The van der Waals surface area contributed by atoms with E-state index in [0.29, 0.717) is 22.7 Å². The van der Waals surface area contributed by atoms with Gasteiger partial charge >= 0.3 is 0 Å². The van der Waals surface area contributed by atoms with Crippen LogP contribution in [-0.2, 0) is 4.79 Å². The van der Waals surface area contributed by atoms with Crippen LogP contribution in [0.1, 0.15) is 21.5 Å². The molecule has 3 aromatic carbocycles. The summed E-state index contributed by atoms with van der Waals surface area (Å²) in [4.78, 5) is 35.1. The minimum atomic E-state index is -0.581. The van der Waals surface area contributed by atoms with Gasteiger partial charge in [0.15, 0.2) is 5.75 Å². The summed E-state index contributed by atoms with van der Waals surface area (Å²) in [6.45, 7) is 3.25. The fraction of sp³-hybridized carbons (Fsp3) is 0.130. The van der Waals surface area contributed by atoms with Crippen LogP contribution >= 0.6 is 0 Å². The highest BCUT2D eigenvalue weighted by Crippen LogP contribution is 2.29. The largest absolute Gasteiger partial charge is 0.455 e. The van der Waals surface area contributed by atoms with Crippen molar-refractivity contribution in [3.63, 3.8) is 0 Å². The molecule has 0 aliphatic carbocycles. The summed E-state index contributed by atoms with van der Waals surface area (Å²) in [7, 11) is 0. The van der Waals surface area contributed by atoms with Gasteiger partial charge in [-0.1, -0.05) is 35.9 Å². The van der Waals surface area contributed by atoms with Crippen LogP contribution in [-0.4, -0.2) is 23.3 Å². The van der Waals surface area contributed by atoms with Crippen molar-refractivity contribution in [3.8, 4) is 11.5 Å². The van der Waals surface area contributed by atoms with Gasteiger partial charge in [0.2, 0.25) is 5.91 Å². The molecule has 0 aromatic heterocycles. The molecule has 0 heterocycles. The van der Waals surface area contributed by atoms with Crippen molar-refractivity contribution >= 4 is 23.2 Å². The molecule has 0 atom stereocenters. The average Bonchev–Trinajstić information content (AvgIpc) is 2.75. The Balaban J connectivity index is 1.62. The van der Waals surface area contributed by atoms with E-state index in [9.17, 15) is 19.7 Å². The number of carbonyl (C=O) groups is 2. The van der Waals surface area contributed by atoms with Gasteiger partial charge in [0, 0.05) is 17.2 Å². The molecular weight excluding hydrogens is 398 g/mol. The number of para-hydroxylation sites is 2. The lowest BCUT2D eigenvalue weighted by molar-refractivity contribution is -0.385. The van der Waals surface area contributed by atoms with E-state index in [4.69, 9.17) is 4.74 Å². The van der Waals surface area contributed by atoms with Crippen LogP contribution in [0.5, 0.6) is 11.5 Å². The Morgan fingerprint density at radius 3 is 2.42 bits per heavy atom. The van der Waals surface area contributed by atoms with Crippen LogP contribution in [0.4, 0.5) is 11.4 Å². The first kappa shape index (κ1) is 21.5. The summed E-state index contributed by atoms with van der Waals surface area (Å²) in [6.07, 6.45) is 0. The van der Waals surface area contributed by atoms with E-state index in [2.05, 4.69) is 10.6 Å². The van der Waals surface area contributed by atoms with Gasteiger partial charge in [0.05, 0.1) is 17.2 Å². The molecule has 8 heteroatoms. The number of hydrogen-bond donors (Lipinski definition) is 2. The number of aryl methyl sites for hydroxylation is 2. The fourth-order valence-corrected chi connectivity index (χ4v) is 2.80. The summed E-state index contributed by atoms with van der Waals surface area (Å²) in [5.41, 5.74) is 1.95. The van der Waals surface area contributed by atoms with Crippen molar-refractivity contribution in [1.82, 2.24) is 5.32 Å². The van der Waals surface area contributed by atoms with Gasteiger partial charge in [-0.05, 0) is 44.2 Å². The molecule has 2 amide bonds. The third-order valence-electron chi connectivity index (χ3n) is 4.49. The van der Waals surface area contributed by atoms with E-state index in [0.717, 1.165) is 5.56 Å². The van der Waals surface area contributed by atoms with E-state index in [1.165, 1.54) is 18.2 Å². The number of hydrogen-bond acceptors (Lipinski definition) is 5. The maximum Gasteiger partial charge on any atom is 0.273 e. The van der Waals surface area contributed by atoms with Crippen molar-refractivity contribution in [1.29, 1.82) is 0 Å². The van der Waals surface area contributed by atoms with Gasteiger partial charge in [-0.3, -0.25) is 19.7 Å². The van der Waals surface area contributed by atoms with Crippen molar-refractivity contribution in [2.75, 3.05) is 11.9 Å². The van der Waals surface area contributed by atoms with Crippen LogP contribution in [0.3, 0.4) is 0 Å². The molecule has 8 nitrogen and oxygen atoms in total. The van der Waals surface area contributed by atoms with Crippen LogP contribution in [0, 0.1) is 24.0 Å². The molecule has 3 rings (SSSR count). The van der Waals surface area contributed by atoms with Crippen LogP contribution in [0.15, 0.2) is 66.7 Å². The molecular formula is C23H21N3O5. The highest BCUT2D eigenvalue weighted by Gasteiger charge is 2.16. The number of amides is 2. The first-order valence-electron chi connectivity index (χ1n) is 9.50. The molecule has 0 radical (unpaired) electrons. The summed E-state index contributed by atoms with van der Waals surface area (Å²) in [5.74, 6) is 0.0408. The summed E-state index contributed by atoms with van der Waals surface area (Å²) < 4.78 is 5.84. The maximum atomic E-state index is 12.3. The third kappa shape index (κ3) is 5.66. The minimum Gasteiger partial charge on any atom is -0.455 e. The molecule has 31 heavy (non-hydrogen) atoms. The molecule has 0 saturated carbocycles. The number of ether oxygens (including phenoxy) is 1.